The first-order chi connectivity index (χ1) is 11.9. The van der Waals surface area contributed by atoms with Crippen molar-refractivity contribution in [1.82, 2.24) is 0 Å². The fourth-order valence-electron chi connectivity index (χ4n) is 2.72. The molecule has 0 aliphatic rings. The molecule has 0 spiro atoms. The molecule has 2 aromatic carbocycles. The third kappa shape index (κ3) is 4.99. The number of aryl methyl sites for hydroxylation is 1. The van der Waals surface area contributed by atoms with E-state index in [1.54, 1.807) is 42.1 Å². The molecular formula is C19H22ClFO2S2. The summed E-state index contributed by atoms with van der Waals surface area (Å²) in [5.74, 6) is 0.310. The predicted octanol–water partition coefficient (Wildman–Crippen LogP) is 5.84. The number of benzene rings is 2. The largest absolute Gasteiger partial charge is 0.223 e. The second-order valence-electron chi connectivity index (χ2n) is 5.98. The summed E-state index contributed by atoms with van der Waals surface area (Å²) < 4.78 is 40.8. The van der Waals surface area contributed by atoms with Gasteiger partial charge in [0.25, 0.3) is 0 Å². The van der Waals surface area contributed by atoms with E-state index in [4.69, 9.17) is 11.6 Å². The predicted molar refractivity (Wildman–Crippen MR) is 105 cm³/mol. The zero-order valence-electron chi connectivity index (χ0n) is 14.3. The molecule has 0 saturated carbocycles. The molecule has 136 valence electrons. The van der Waals surface area contributed by atoms with Gasteiger partial charge in [-0.2, -0.15) is 11.8 Å². The van der Waals surface area contributed by atoms with E-state index in [0.717, 1.165) is 17.7 Å². The van der Waals surface area contributed by atoms with E-state index in [-0.39, 0.29) is 15.5 Å². The van der Waals surface area contributed by atoms with Crippen molar-refractivity contribution in [1.29, 1.82) is 0 Å². The van der Waals surface area contributed by atoms with Crippen LogP contribution in [0.5, 0.6) is 0 Å². The first-order valence-electron chi connectivity index (χ1n) is 8.11. The maximum Gasteiger partial charge on any atom is 0.185 e. The fraction of sp³-hybridized carbons (Fsp3) is 0.368. The Morgan fingerprint density at radius 3 is 2.44 bits per heavy atom. The van der Waals surface area contributed by atoms with Crippen molar-refractivity contribution >= 4 is 33.2 Å². The van der Waals surface area contributed by atoms with Crippen molar-refractivity contribution in [3.63, 3.8) is 0 Å². The van der Waals surface area contributed by atoms with Crippen molar-refractivity contribution in [3.05, 3.63) is 64.4 Å². The Balaban J connectivity index is 2.43. The average Bonchev–Trinajstić information content (AvgIpc) is 2.58. The zero-order chi connectivity index (χ0) is 18.4. The molecule has 0 fully saturated rings. The number of hydrogen-bond acceptors (Lipinski definition) is 3. The number of rotatable bonds is 8. The maximum atomic E-state index is 14.5. The summed E-state index contributed by atoms with van der Waals surface area (Å²) in [5.41, 5.74) is 1.13. The van der Waals surface area contributed by atoms with Crippen molar-refractivity contribution in [3.8, 4) is 0 Å². The third-order valence-electron chi connectivity index (χ3n) is 4.12. The minimum Gasteiger partial charge on any atom is -0.223 e. The Kier molecular flexibility index (Phi) is 7.35. The number of thioether (sulfide) groups is 1. The molecule has 0 aliphatic heterocycles. The van der Waals surface area contributed by atoms with Crippen LogP contribution >= 0.6 is 23.4 Å². The Hall–Kier alpha value is -1.04. The van der Waals surface area contributed by atoms with Crippen LogP contribution in [-0.2, 0) is 9.84 Å². The van der Waals surface area contributed by atoms with Crippen LogP contribution in [-0.4, -0.2) is 20.4 Å². The normalized spacial score (nSPS) is 13.0. The van der Waals surface area contributed by atoms with Gasteiger partial charge in [-0.1, -0.05) is 47.9 Å². The lowest BCUT2D eigenvalue weighted by Gasteiger charge is -2.19. The van der Waals surface area contributed by atoms with Gasteiger partial charge in [-0.15, -0.1) is 0 Å². The van der Waals surface area contributed by atoms with Crippen LogP contribution in [0.3, 0.4) is 0 Å². The lowest BCUT2D eigenvalue weighted by molar-refractivity contribution is 0.552. The first-order valence-corrected chi connectivity index (χ1v) is 11.4. The molecule has 0 N–H and O–H groups in total. The minimum atomic E-state index is -3.70. The molecule has 0 bridgehead atoms. The van der Waals surface area contributed by atoms with Gasteiger partial charge in [-0.05, 0) is 50.0 Å². The molecule has 1 unspecified atom stereocenters. The van der Waals surface area contributed by atoms with E-state index in [1.165, 1.54) is 12.1 Å². The molecule has 0 radical (unpaired) electrons. The van der Waals surface area contributed by atoms with Crippen LogP contribution in [0, 0.1) is 12.7 Å². The molecule has 0 amide bonds. The van der Waals surface area contributed by atoms with Gasteiger partial charge in [0, 0.05) is 5.56 Å². The molecule has 25 heavy (non-hydrogen) atoms. The van der Waals surface area contributed by atoms with Gasteiger partial charge in [0.1, 0.15) is 5.82 Å². The van der Waals surface area contributed by atoms with E-state index < -0.39 is 20.9 Å². The summed E-state index contributed by atoms with van der Waals surface area (Å²) in [5, 5.41) is -0.985. The molecule has 1 atom stereocenters. The molecule has 0 heterocycles. The van der Waals surface area contributed by atoms with E-state index >= 15 is 0 Å². The summed E-state index contributed by atoms with van der Waals surface area (Å²) in [7, 11) is -3.70. The van der Waals surface area contributed by atoms with Gasteiger partial charge in [0.2, 0.25) is 0 Å². The number of halogens is 2. The van der Waals surface area contributed by atoms with E-state index in [9.17, 15) is 12.8 Å². The number of sulfone groups is 1. The molecule has 2 rings (SSSR count). The summed E-state index contributed by atoms with van der Waals surface area (Å²) in [4.78, 5) is 0.215. The van der Waals surface area contributed by atoms with E-state index in [1.807, 2.05) is 13.2 Å². The van der Waals surface area contributed by atoms with Crippen LogP contribution in [0.2, 0.25) is 5.02 Å². The van der Waals surface area contributed by atoms with Gasteiger partial charge < -0.3 is 0 Å². The van der Waals surface area contributed by atoms with E-state index in [0.29, 0.717) is 12.8 Å². The SMILES string of the molecule is CSCCCCC(c1cccc(Cl)c1F)S(=O)(=O)c1ccc(C)cc1. The van der Waals surface area contributed by atoms with Crippen molar-refractivity contribution in [2.75, 3.05) is 12.0 Å². The van der Waals surface area contributed by atoms with Gasteiger partial charge in [-0.25, -0.2) is 12.8 Å². The third-order valence-corrected chi connectivity index (χ3v) is 7.27. The lowest BCUT2D eigenvalue weighted by Crippen LogP contribution is -2.16. The van der Waals surface area contributed by atoms with Crippen LogP contribution in [0.1, 0.15) is 35.6 Å². The van der Waals surface area contributed by atoms with Crippen LogP contribution in [0.25, 0.3) is 0 Å². The molecular weight excluding hydrogens is 379 g/mol. The molecule has 6 heteroatoms. The lowest BCUT2D eigenvalue weighted by atomic mass is 10.1. The van der Waals surface area contributed by atoms with Gasteiger partial charge in [0.05, 0.1) is 15.2 Å². The summed E-state index contributed by atoms with van der Waals surface area (Å²) >= 11 is 7.60. The Morgan fingerprint density at radius 2 is 1.80 bits per heavy atom. The molecule has 0 aromatic heterocycles. The molecule has 0 aliphatic carbocycles. The topological polar surface area (TPSA) is 34.1 Å². The van der Waals surface area contributed by atoms with Crippen LogP contribution < -0.4 is 0 Å². The standard InChI is InChI=1S/C19H22ClFO2S2/c1-14-9-11-15(12-10-14)25(22,23)18(8-3-4-13-24-2)16-6-5-7-17(20)19(16)21/h5-7,9-12,18H,3-4,8,13H2,1-2H3. The highest BCUT2D eigenvalue weighted by Gasteiger charge is 2.31. The van der Waals surface area contributed by atoms with E-state index in [2.05, 4.69) is 0 Å². The number of hydrogen-bond donors (Lipinski definition) is 0. The quantitative estimate of drug-likeness (QED) is 0.522. The highest BCUT2D eigenvalue weighted by Crippen LogP contribution is 2.36. The molecule has 2 nitrogen and oxygen atoms in total. The highest BCUT2D eigenvalue weighted by molar-refractivity contribution is 7.98. The van der Waals surface area contributed by atoms with Crippen molar-refractivity contribution in [2.24, 2.45) is 0 Å². The molecule has 0 saturated heterocycles. The maximum absolute atomic E-state index is 14.5. The second kappa shape index (κ2) is 9.06. The van der Waals surface area contributed by atoms with Crippen LogP contribution in [0.4, 0.5) is 4.39 Å². The smallest absolute Gasteiger partial charge is 0.185 e. The summed E-state index contributed by atoms with van der Waals surface area (Å²) in [6.45, 7) is 1.90. The van der Waals surface area contributed by atoms with Gasteiger partial charge >= 0.3 is 0 Å². The van der Waals surface area contributed by atoms with Gasteiger partial charge in [-0.3, -0.25) is 0 Å². The summed E-state index contributed by atoms with van der Waals surface area (Å²) in [6.07, 6.45) is 3.98. The van der Waals surface area contributed by atoms with Gasteiger partial charge in [0.15, 0.2) is 9.84 Å². The highest BCUT2D eigenvalue weighted by atomic mass is 35.5. The Bertz CT molecular complexity index is 805. The monoisotopic (exact) mass is 400 g/mol. The fourth-order valence-corrected chi connectivity index (χ4v) is 5.23. The Morgan fingerprint density at radius 1 is 1.12 bits per heavy atom. The van der Waals surface area contributed by atoms with Crippen molar-refractivity contribution < 1.29 is 12.8 Å². The molecule has 2 aromatic rings. The van der Waals surface area contributed by atoms with Crippen LogP contribution in [0.15, 0.2) is 47.4 Å². The number of unbranched alkanes of at least 4 members (excludes halogenated alkanes) is 1. The summed E-state index contributed by atoms with van der Waals surface area (Å²) in [6, 6.07) is 11.2. The Labute approximate surface area is 158 Å². The average molecular weight is 401 g/mol. The zero-order valence-corrected chi connectivity index (χ0v) is 16.7. The van der Waals surface area contributed by atoms with Crippen molar-refractivity contribution in [2.45, 2.75) is 36.3 Å². The first kappa shape index (κ1) is 20.3. The second-order valence-corrected chi connectivity index (χ2v) is 9.50. The minimum absolute atomic E-state index is 0.0503.